The van der Waals surface area contributed by atoms with E-state index in [1.54, 1.807) is 11.3 Å². The molecule has 4 rings (SSSR count). The molecule has 0 spiro atoms. The van der Waals surface area contributed by atoms with Gasteiger partial charge < -0.3 is 14.7 Å². The van der Waals surface area contributed by atoms with Gasteiger partial charge in [-0.2, -0.15) is 0 Å². The fraction of sp³-hybridized carbons (Fsp3) is 0.435. The Morgan fingerprint density at radius 1 is 1.10 bits per heavy atom. The molecule has 7 heteroatoms. The maximum atomic E-state index is 12.2. The van der Waals surface area contributed by atoms with Crippen LogP contribution >= 0.6 is 11.3 Å². The molecule has 0 N–H and O–H groups in total. The highest BCUT2D eigenvalue weighted by Gasteiger charge is 2.23. The number of anilines is 1. The van der Waals surface area contributed by atoms with Crippen LogP contribution < -0.4 is 4.90 Å². The summed E-state index contributed by atoms with van der Waals surface area (Å²) in [4.78, 5) is 29.6. The van der Waals surface area contributed by atoms with Crippen molar-refractivity contribution in [3.8, 4) is 11.1 Å². The van der Waals surface area contributed by atoms with Gasteiger partial charge in [-0.1, -0.05) is 37.3 Å². The zero-order chi connectivity index (χ0) is 21.1. The van der Waals surface area contributed by atoms with Gasteiger partial charge in [0.15, 0.2) is 0 Å². The molecule has 1 aliphatic heterocycles. The van der Waals surface area contributed by atoms with E-state index in [9.17, 15) is 4.79 Å². The minimum atomic E-state index is 0.235. The number of thiophene rings is 1. The van der Waals surface area contributed by atoms with Crippen molar-refractivity contribution in [1.29, 1.82) is 0 Å². The molecular weight excluding hydrogens is 394 g/mol. The van der Waals surface area contributed by atoms with Gasteiger partial charge in [-0.25, -0.2) is 9.97 Å². The average molecular weight is 424 g/mol. The average Bonchev–Trinajstić information content (AvgIpc) is 3.01. The van der Waals surface area contributed by atoms with Gasteiger partial charge >= 0.3 is 0 Å². The van der Waals surface area contributed by atoms with E-state index in [2.05, 4.69) is 39.4 Å². The van der Waals surface area contributed by atoms with Crippen molar-refractivity contribution < 1.29 is 4.79 Å². The van der Waals surface area contributed by atoms with Gasteiger partial charge in [-0.05, 0) is 26.1 Å². The Morgan fingerprint density at radius 2 is 1.90 bits per heavy atom. The highest BCUT2D eigenvalue weighted by Crippen LogP contribution is 2.38. The van der Waals surface area contributed by atoms with E-state index in [0.717, 1.165) is 54.5 Å². The number of nitrogens with zero attached hydrogens (tertiary/aromatic N) is 5. The Morgan fingerprint density at radius 3 is 2.63 bits per heavy atom. The van der Waals surface area contributed by atoms with E-state index in [-0.39, 0.29) is 5.91 Å². The second kappa shape index (κ2) is 9.10. The largest absolute Gasteiger partial charge is 0.354 e. The summed E-state index contributed by atoms with van der Waals surface area (Å²) in [6.07, 6.45) is 1.51. The molecule has 158 valence electrons. The summed E-state index contributed by atoms with van der Waals surface area (Å²) in [5.41, 5.74) is 2.37. The third kappa shape index (κ3) is 4.32. The minimum Gasteiger partial charge on any atom is -0.354 e. The molecule has 1 aliphatic rings. The molecular formula is C23H29N5OS. The van der Waals surface area contributed by atoms with Gasteiger partial charge in [0.2, 0.25) is 5.91 Å². The molecule has 0 bridgehead atoms. The lowest BCUT2D eigenvalue weighted by Crippen LogP contribution is -2.35. The van der Waals surface area contributed by atoms with Crippen molar-refractivity contribution in [2.24, 2.45) is 0 Å². The van der Waals surface area contributed by atoms with Gasteiger partial charge in [0.25, 0.3) is 0 Å². The van der Waals surface area contributed by atoms with Crippen molar-refractivity contribution >= 4 is 33.3 Å². The number of hydrogen-bond acceptors (Lipinski definition) is 6. The standard InChI is InChI=1S/C23H29N5OS/c1-4-20(29)27-11-8-12-28(14-13-27)22-21-18(17-9-6-5-7-10-17)16-30-23(21)25-19(24-22)15-26(2)3/h5-7,9-10,16H,4,8,11-15H2,1-3H3. The Bertz CT molecular complexity index is 1020. The quantitative estimate of drug-likeness (QED) is 0.624. The summed E-state index contributed by atoms with van der Waals surface area (Å²) in [6, 6.07) is 10.5. The molecule has 0 aliphatic carbocycles. The van der Waals surface area contributed by atoms with Crippen LogP contribution in [0.15, 0.2) is 35.7 Å². The number of carbonyl (C=O) groups excluding carboxylic acids is 1. The van der Waals surface area contributed by atoms with Crippen molar-refractivity contribution in [1.82, 2.24) is 19.8 Å². The maximum Gasteiger partial charge on any atom is 0.222 e. The topological polar surface area (TPSA) is 52.6 Å². The van der Waals surface area contributed by atoms with Gasteiger partial charge in [0, 0.05) is 43.5 Å². The first-order valence-corrected chi connectivity index (χ1v) is 11.5. The first-order chi connectivity index (χ1) is 14.6. The van der Waals surface area contributed by atoms with Crippen molar-refractivity contribution in [3.05, 3.63) is 41.5 Å². The second-order valence-electron chi connectivity index (χ2n) is 7.97. The number of hydrogen-bond donors (Lipinski definition) is 0. The van der Waals surface area contributed by atoms with Crippen LogP contribution in [0.4, 0.5) is 5.82 Å². The van der Waals surface area contributed by atoms with E-state index in [1.807, 2.05) is 32.0 Å². The van der Waals surface area contributed by atoms with E-state index < -0.39 is 0 Å². The van der Waals surface area contributed by atoms with E-state index in [0.29, 0.717) is 13.0 Å². The Balaban J connectivity index is 1.77. The van der Waals surface area contributed by atoms with Gasteiger partial charge in [-0.3, -0.25) is 4.79 Å². The van der Waals surface area contributed by atoms with Crippen LogP contribution in [0.5, 0.6) is 0 Å². The third-order valence-electron chi connectivity index (χ3n) is 5.45. The zero-order valence-corrected chi connectivity index (χ0v) is 18.8. The number of carbonyl (C=O) groups is 1. The molecule has 6 nitrogen and oxygen atoms in total. The SMILES string of the molecule is CCC(=O)N1CCCN(c2nc(CN(C)C)nc3scc(-c4ccccc4)c23)CC1. The summed E-state index contributed by atoms with van der Waals surface area (Å²) in [5, 5.41) is 3.33. The van der Waals surface area contributed by atoms with Crippen LogP contribution in [0.1, 0.15) is 25.6 Å². The van der Waals surface area contributed by atoms with E-state index in [1.165, 1.54) is 11.1 Å². The highest BCUT2D eigenvalue weighted by molar-refractivity contribution is 7.17. The minimum absolute atomic E-state index is 0.235. The summed E-state index contributed by atoms with van der Waals surface area (Å²) < 4.78 is 0. The lowest BCUT2D eigenvalue weighted by Gasteiger charge is -2.24. The van der Waals surface area contributed by atoms with E-state index >= 15 is 0 Å². The lowest BCUT2D eigenvalue weighted by molar-refractivity contribution is -0.130. The summed E-state index contributed by atoms with van der Waals surface area (Å²) in [7, 11) is 4.08. The molecule has 1 aromatic carbocycles. The molecule has 0 unspecified atom stereocenters. The van der Waals surface area contributed by atoms with E-state index in [4.69, 9.17) is 9.97 Å². The molecule has 3 aromatic rings. The molecule has 0 saturated carbocycles. The molecule has 0 atom stereocenters. The molecule has 1 fully saturated rings. The molecule has 1 saturated heterocycles. The molecule has 3 heterocycles. The van der Waals surface area contributed by atoms with Crippen molar-refractivity contribution in [2.75, 3.05) is 45.2 Å². The van der Waals surface area contributed by atoms with Crippen LogP contribution in [0.3, 0.4) is 0 Å². The fourth-order valence-corrected chi connectivity index (χ4v) is 4.94. The predicted molar refractivity (Wildman–Crippen MR) is 124 cm³/mol. The second-order valence-corrected chi connectivity index (χ2v) is 8.83. The highest BCUT2D eigenvalue weighted by atomic mass is 32.1. The van der Waals surface area contributed by atoms with Crippen LogP contribution in [-0.4, -0.2) is 65.9 Å². The molecule has 2 aromatic heterocycles. The predicted octanol–water partition coefficient (Wildman–Crippen LogP) is 3.87. The molecule has 1 amide bonds. The third-order valence-corrected chi connectivity index (χ3v) is 6.33. The summed E-state index contributed by atoms with van der Waals surface area (Å²) in [6.45, 7) is 5.89. The van der Waals surface area contributed by atoms with Crippen LogP contribution in [0.25, 0.3) is 21.3 Å². The number of aromatic nitrogens is 2. The Labute approximate surface area is 182 Å². The lowest BCUT2D eigenvalue weighted by atomic mass is 10.1. The zero-order valence-electron chi connectivity index (χ0n) is 18.0. The van der Waals surface area contributed by atoms with Gasteiger partial charge in [0.1, 0.15) is 16.5 Å². The van der Waals surface area contributed by atoms with Crippen LogP contribution in [0, 0.1) is 0 Å². The summed E-state index contributed by atoms with van der Waals surface area (Å²) >= 11 is 1.68. The van der Waals surface area contributed by atoms with Crippen molar-refractivity contribution in [2.45, 2.75) is 26.3 Å². The molecule has 0 radical (unpaired) electrons. The van der Waals surface area contributed by atoms with Crippen molar-refractivity contribution in [3.63, 3.8) is 0 Å². The Hall–Kier alpha value is -2.51. The van der Waals surface area contributed by atoms with Crippen LogP contribution in [0.2, 0.25) is 0 Å². The first kappa shape index (κ1) is 20.8. The number of rotatable bonds is 5. The monoisotopic (exact) mass is 423 g/mol. The fourth-order valence-electron chi connectivity index (χ4n) is 3.98. The van der Waals surface area contributed by atoms with Gasteiger partial charge in [0.05, 0.1) is 11.9 Å². The number of benzene rings is 1. The van der Waals surface area contributed by atoms with Crippen LogP contribution in [-0.2, 0) is 11.3 Å². The number of amides is 1. The first-order valence-electron chi connectivity index (χ1n) is 10.6. The van der Waals surface area contributed by atoms with Gasteiger partial charge in [-0.15, -0.1) is 11.3 Å². The summed E-state index contributed by atoms with van der Waals surface area (Å²) in [5.74, 6) is 2.08. The Kier molecular flexibility index (Phi) is 6.29. The smallest absolute Gasteiger partial charge is 0.222 e. The normalized spacial score (nSPS) is 15.1. The molecule has 30 heavy (non-hydrogen) atoms. The number of fused-ring (bicyclic) bond motifs is 1. The maximum absolute atomic E-state index is 12.2.